The fourth-order valence-electron chi connectivity index (χ4n) is 1.40. The van der Waals surface area contributed by atoms with E-state index >= 15 is 0 Å². The summed E-state index contributed by atoms with van der Waals surface area (Å²) in [6, 6.07) is 5.93. The first-order valence-electron chi connectivity index (χ1n) is 5.85. The Balaban J connectivity index is 2.51. The first kappa shape index (κ1) is 13.5. The van der Waals surface area contributed by atoms with E-state index in [1.165, 1.54) is 12.1 Å². The molecule has 0 radical (unpaired) electrons. The second kappa shape index (κ2) is 6.23. The molecule has 0 aliphatic heterocycles. The van der Waals surface area contributed by atoms with Gasteiger partial charge in [-0.25, -0.2) is 9.18 Å². The predicted octanol–water partition coefficient (Wildman–Crippen LogP) is 2.98. The summed E-state index contributed by atoms with van der Waals surface area (Å²) in [7, 11) is 0. The number of benzene rings is 1. The molecule has 1 rings (SSSR count). The lowest BCUT2D eigenvalue weighted by atomic mass is 10.1. The summed E-state index contributed by atoms with van der Waals surface area (Å²) in [6.07, 6.45) is 0.887. The highest BCUT2D eigenvalue weighted by Crippen LogP contribution is 2.12. The molecule has 1 aromatic rings. The molecule has 4 heteroatoms. The summed E-state index contributed by atoms with van der Waals surface area (Å²) in [5.41, 5.74) is 0.880. The van der Waals surface area contributed by atoms with Gasteiger partial charge in [0.2, 0.25) is 0 Å². The van der Waals surface area contributed by atoms with Crippen molar-refractivity contribution in [1.29, 1.82) is 0 Å². The average molecular weight is 238 g/mol. The third-order valence-electron chi connectivity index (χ3n) is 2.71. The molecular formula is C13H19FN2O. The number of urea groups is 1. The van der Waals surface area contributed by atoms with Gasteiger partial charge in [0.15, 0.2) is 0 Å². The van der Waals surface area contributed by atoms with Crippen LogP contribution >= 0.6 is 0 Å². The molecule has 0 saturated carbocycles. The fourth-order valence-corrected chi connectivity index (χ4v) is 1.40. The van der Waals surface area contributed by atoms with Crippen molar-refractivity contribution in [3.05, 3.63) is 35.6 Å². The van der Waals surface area contributed by atoms with Gasteiger partial charge < -0.3 is 10.6 Å². The van der Waals surface area contributed by atoms with Crippen LogP contribution in [0, 0.1) is 5.82 Å². The molecule has 0 aliphatic carbocycles. The van der Waals surface area contributed by atoms with Crippen molar-refractivity contribution in [2.24, 2.45) is 0 Å². The van der Waals surface area contributed by atoms with Gasteiger partial charge in [-0.05, 0) is 38.0 Å². The minimum absolute atomic E-state index is 0.139. The Hall–Kier alpha value is -1.58. The lowest BCUT2D eigenvalue weighted by molar-refractivity contribution is 0.234. The first-order valence-corrected chi connectivity index (χ1v) is 5.85. The molecule has 2 atom stereocenters. The quantitative estimate of drug-likeness (QED) is 0.831. The normalized spacial score (nSPS) is 13.9. The van der Waals surface area contributed by atoms with E-state index in [0.29, 0.717) is 0 Å². The minimum Gasteiger partial charge on any atom is -0.336 e. The highest BCUT2D eigenvalue weighted by Gasteiger charge is 2.10. The van der Waals surface area contributed by atoms with Gasteiger partial charge in [-0.2, -0.15) is 0 Å². The van der Waals surface area contributed by atoms with Crippen LogP contribution in [0.1, 0.15) is 38.8 Å². The first-order chi connectivity index (χ1) is 8.02. The molecular weight excluding hydrogens is 219 g/mol. The van der Waals surface area contributed by atoms with Crippen molar-refractivity contribution in [2.45, 2.75) is 39.3 Å². The van der Waals surface area contributed by atoms with E-state index in [2.05, 4.69) is 10.6 Å². The minimum atomic E-state index is -0.273. The molecule has 2 amide bonds. The van der Waals surface area contributed by atoms with E-state index in [1.54, 1.807) is 12.1 Å². The number of nitrogens with one attached hydrogen (secondary N) is 2. The lowest BCUT2D eigenvalue weighted by Gasteiger charge is -2.17. The largest absolute Gasteiger partial charge is 0.336 e. The number of halogens is 1. The summed E-state index contributed by atoms with van der Waals surface area (Å²) in [4.78, 5) is 11.6. The van der Waals surface area contributed by atoms with Crippen molar-refractivity contribution < 1.29 is 9.18 Å². The third-order valence-corrected chi connectivity index (χ3v) is 2.71. The van der Waals surface area contributed by atoms with Crippen LogP contribution in [0.5, 0.6) is 0 Å². The van der Waals surface area contributed by atoms with Crippen LogP contribution in [-0.2, 0) is 0 Å². The van der Waals surface area contributed by atoms with E-state index in [1.807, 2.05) is 20.8 Å². The van der Waals surface area contributed by atoms with E-state index in [4.69, 9.17) is 0 Å². The molecule has 0 fully saturated rings. The smallest absolute Gasteiger partial charge is 0.315 e. The topological polar surface area (TPSA) is 41.1 Å². The van der Waals surface area contributed by atoms with E-state index < -0.39 is 0 Å². The Kier molecular flexibility index (Phi) is 4.94. The predicted molar refractivity (Wildman–Crippen MR) is 66.2 cm³/mol. The van der Waals surface area contributed by atoms with E-state index in [0.717, 1.165) is 12.0 Å². The molecule has 2 unspecified atom stereocenters. The lowest BCUT2D eigenvalue weighted by Crippen LogP contribution is -2.41. The number of amides is 2. The summed E-state index contributed by atoms with van der Waals surface area (Å²) in [5, 5.41) is 5.63. The van der Waals surface area contributed by atoms with Crippen molar-refractivity contribution in [3.8, 4) is 0 Å². The molecule has 17 heavy (non-hydrogen) atoms. The van der Waals surface area contributed by atoms with Crippen LogP contribution in [0.3, 0.4) is 0 Å². The van der Waals surface area contributed by atoms with Crippen LogP contribution in [-0.4, -0.2) is 12.1 Å². The van der Waals surface area contributed by atoms with Gasteiger partial charge in [0.05, 0.1) is 6.04 Å². The Morgan fingerprint density at radius 3 is 2.35 bits per heavy atom. The molecule has 94 valence electrons. The Morgan fingerprint density at radius 2 is 1.82 bits per heavy atom. The van der Waals surface area contributed by atoms with E-state index in [-0.39, 0.29) is 23.9 Å². The highest BCUT2D eigenvalue weighted by molar-refractivity contribution is 5.74. The summed E-state index contributed by atoms with van der Waals surface area (Å²) >= 11 is 0. The monoisotopic (exact) mass is 238 g/mol. The zero-order valence-electron chi connectivity index (χ0n) is 10.5. The maximum Gasteiger partial charge on any atom is 0.315 e. The molecule has 0 bridgehead atoms. The fraction of sp³-hybridized carbons (Fsp3) is 0.462. The summed E-state index contributed by atoms with van der Waals surface area (Å²) in [5.74, 6) is -0.273. The van der Waals surface area contributed by atoms with Crippen molar-refractivity contribution in [2.75, 3.05) is 0 Å². The summed E-state index contributed by atoms with van der Waals surface area (Å²) in [6.45, 7) is 5.82. The van der Waals surface area contributed by atoms with Crippen molar-refractivity contribution in [1.82, 2.24) is 10.6 Å². The third kappa shape index (κ3) is 4.43. The van der Waals surface area contributed by atoms with Crippen molar-refractivity contribution >= 4 is 6.03 Å². The maximum atomic E-state index is 12.7. The maximum absolute atomic E-state index is 12.7. The van der Waals surface area contributed by atoms with Crippen LogP contribution in [0.25, 0.3) is 0 Å². The van der Waals surface area contributed by atoms with Gasteiger partial charge in [-0.15, -0.1) is 0 Å². The molecule has 0 aromatic heterocycles. The Bertz CT molecular complexity index is 364. The summed E-state index contributed by atoms with van der Waals surface area (Å²) < 4.78 is 12.7. The second-order valence-electron chi connectivity index (χ2n) is 4.20. The van der Waals surface area contributed by atoms with Crippen LogP contribution in [0.2, 0.25) is 0 Å². The molecule has 0 spiro atoms. The van der Waals surface area contributed by atoms with Gasteiger partial charge in [-0.1, -0.05) is 19.1 Å². The molecule has 0 saturated heterocycles. The second-order valence-corrected chi connectivity index (χ2v) is 4.20. The average Bonchev–Trinajstić information content (AvgIpc) is 2.29. The van der Waals surface area contributed by atoms with Gasteiger partial charge in [0.25, 0.3) is 0 Å². The van der Waals surface area contributed by atoms with Crippen molar-refractivity contribution in [3.63, 3.8) is 0 Å². The molecule has 2 N–H and O–H groups in total. The number of hydrogen-bond acceptors (Lipinski definition) is 1. The zero-order valence-corrected chi connectivity index (χ0v) is 10.5. The highest BCUT2D eigenvalue weighted by atomic mass is 19.1. The van der Waals surface area contributed by atoms with Gasteiger partial charge >= 0.3 is 6.03 Å². The number of rotatable bonds is 4. The van der Waals surface area contributed by atoms with Gasteiger partial charge in [-0.3, -0.25) is 0 Å². The molecule has 1 aromatic carbocycles. The standard InChI is InChI=1S/C13H19FN2O/c1-4-9(2)15-13(17)16-10(3)11-5-7-12(14)8-6-11/h5-10H,4H2,1-3H3,(H2,15,16,17). The van der Waals surface area contributed by atoms with Crippen LogP contribution < -0.4 is 10.6 Å². The number of hydrogen-bond donors (Lipinski definition) is 2. The molecule has 3 nitrogen and oxygen atoms in total. The van der Waals surface area contributed by atoms with Gasteiger partial charge in [0.1, 0.15) is 5.82 Å². The Morgan fingerprint density at radius 1 is 1.24 bits per heavy atom. The number of carbonyl (C=O) groups excluding carboxylic acids is 1. The van der Waals surface area contributed by atoms with E-state index in [9.17, 15) is 9.18 Å². The molecule has 0 aliphatic rings. The Labute approximate surface area is 101 Å². The van der Waals surface area contributed by atoms with Gasteiger partial charge in [0, 0.05) is 6.04 Å². The van der Waals surface area contributed by atoms with Crippen LogP contribution in [0.4, 0.5) is 9.18 Å². The number of carbonyl (C=O) groups is 1. The molecule has 0 heterocycles. The SMILES string of the molecule is CCC(C)NC(=O)NC(C)c1ccc(F)cc1. The zero-order chi connectivity index (χ0) is 12.8. The van der Waals surface area contributed by atoms with Crippen LogP contribution in [0.15, 0.2) is 24.3 Å².